The molecule has 0 N–H and O–H groups in total. The molecule has 11 aromatic carbocycles. The molecule has 0 aliphatic heterocycles. The van der Waals surface area contributed by atoms with Gasteiger partial charge < -0.3 is 0 Å². The summed E-state index contributed by atoms with van der Waals surface area (Å²) in [6.07, 6.45) is 23.5. The van der Waals surface area contributed by atoms with E-state index in [0.717, 1.165) is 11.8 Å². The van der Waals surface area contributed by atoms with Crippen LogP contribution in [0.2, 0.25) is 0 Å². The van der Waals surface area contributed by atoms with E-state index in [2.05, 4.69) is 479 Å². The van der Waals surface area contributed by atoms with Crippen molar-refractivity contribution in [2.24, 2.45) is 35.2 Å². The normalized spacial score (nSPS) is 12.5. The Morgan fingerprint density at radius 1 is 0.180 bits per heavy atom. The van der Waals surface area contributed by atoms with E-state index < -0.39 is 0 Å². The highest BCUT2D eigenvalue weighted by atomic mass is 14.9. The van der Waals surface area contributed by atoms with Crippen molar-refractivity contribution in [1.82, 2.24) is 0 Å². The third-order valence-electron chi connectivity index (χ3n) is 26.5. The number of aromatic nitrogens is 5. The van der Waals surface area contributed by atoms with Crippen LogP contribution in [0.15, 0.2) is 310 Å². The second-order valence-electron chi connectivity index (χ2n) is 37.0. The van der Waals surface area contributed by atoms with Crippen molar-refractivity contribution in [3.8, 4) is 123 Å². The van der Waals surface area contributed by atoms with Crippen molar-refractivity contribution in [1.29, 1.82) is 0 Å². The Morgan fingerprint density at radius 3 is 0.773 bits per heavy atom. The smallest absolute Gasteiger partial charge is 0.201 e. The molecule has 0 bridgehead atoms. The maximum Gasteiger partial charge on any atom is 0.220 e. The SMILES string of the molecule is Cc1cc(-c2c(C)cc(-c3ccccc3)cc2C)c(-c2ccccc2C)[n+](C)c1.Cc1cc(-c2ccc(-c3ccccc3)cc2C)c(-c2ccccc2C)[n+](C)c1.Cc1cc(C2CCCC2)c(-c2ccccc2C)[n+](C)c1.Cc1cc(C2CCCCC2)c(-c2ccccc2C)[n+](C)c1.Cc1ccc(-c2cc(C)c(-c3cc(C)c[n+](C)c3-c3ccccc3C)c(C)c2)cc1. The van der Waals surface area contributed by atoms with Crippen molar-refractivity contribution >= 4 is 0 Å². The minimum atomic E-state index is 0.736. The molecule has 5 heterocycles. The highest BCUT2D eigenvalue weighted by molar-refractivity contribution is 5.88. The summed E-state index contributed by atoms with van der Waals surface area (Å²) in [5, 5.41) is 0. The molecular formula is C123H134N5+5. The lowest BCUT2D eigenvalue weighted by Gasteiger charge is -2.23. The molecule has 5 aromatic heterocycles. The Morgan fingerprint density at radius 2 is 0.438 bits per heavy atom. The predicted molar refractivity (Wildman–Crippen MR) is 541 cm³/mol. The van der Waals surface area contributed by atoms with Crippen LogP contribution in [0, 0.1) is 111 Å². The van der Waals surface area contributed by atoms with Crippen molar-refractivity contribution in [2.45, 2.75) is 180 Å². The van der Waals surface area contributed by atoms with Gasteiger partial charge in [0.25, 0.3) is 0 Å². The minimum absolute atomic E-state index is 0.736. The van der Waals surface area contributed by atoms with E-state index in [1.807, 2.05) is 0 Å². The van der Waals surface area contributed by atoms with E-state index in [1.165, 1.54) is 270 Å². The highest BCUT2D eigenvalue weighted by Crippen LogP contribution is 2.44. The first-order valence-electron chi connectivity index (χ1n) is 46.5. The van der Waals surface area contributed by atoms with Crippen molar-refractivity contribution in [2.75, 3.05) is 0 Å². The third-order valence-corrected chi connectivity index (χ3v) is 26.5. The van der Waals surface area contributed by atoms with Gasteiger partial charge in [-0.3, -0.25) is 0 Å². The minimum Gasteiger partial charge on any atom is -0.201 e. The molecule has 646 valence electrons. The van der Waals surface area contributed by atoms with Gasteiger partial charge in [-0.25, -0.2) is 22.8 Å². The lowest BCUT2D eigenvalue weighted by Crippen LogP contribution is -2.33. The highest BCUT2D eigenvalue weighted by Gasteiger charge is 2.31. The molecule has 5 heteroatoms. The van der Waals surface area contributed by atoms with Gasteiger partial charge in [-0.2, -0.15) is 0 Å². The second-order valence-corrected chi connectivity index (χ2v) is 37.0. The number of hydrogen-bond donors (Lipinski definition) is 0. The number of benzene rings is 11. The Hall–Kier alpha value is -12.8. The number of nitrogens with zero attached hydrogens (tertiary/aromatic N) is 5. The van der Waals surface area contributed by atoms with Crippen LogP contribution in [0.1, 0.15) is 170 Å². The van der Waals surface area contributed by atoms with Gasteiger partial charge in [0, 0.05) is 66.8 Å². The molecular weight excluding hydrogens is 1550 g/mol. The molecule has 16 aromatic rings. The van der Waals surface area contributed by atoms with Gasteiger partial charge in [0.15, 0.2) is 31.0 Å². The van der Waals surface area contributed by atoms with E-state index in [9.17, 15) is 0 Å². The summed E-state index contributed by atoms with van der Waals surface area (Å²) in [6, 6.07) is 101. The molecule has 2 saturated carbocycles. The van der Waals surface area contributed by atoms with Crippen LogP contribution in [0.25, 0.3) is 123 Å². The average Bonchev–Trinajstić information content (AvgIpc) is 0.758. The van der Waals surface area contributed by atoms with Crippen molar-refractivity contribution < 1.29 is 22.8 Å². The maximum absolute atomic E-state index is 2.43. The summed E-state index contributed by atoms with van der Waals surface area (Å²) >= 11 is 0. The zero-order chi connectivity index (χ0) is 90.6. The van der Waals surface area contributed by atoms with E-state index in [-0.39, 0.29) is 0 Å². The van der Waals surface area contributed by atoms with E-state index >= 15 is 0 Å². The summed E-state index contributed by atoms with van der Waals surface area (Å²) in [4.78, 5) is 0. The predicted octanol–water partition coefficient (Wildman–Crippen LogP) is 29.5. The molecule has 2 aliphatic carbocycles. The molecule has 0 spiro atoms. The lowest BCUT2D eigenvalue weighted by atomic mass is 9.81. The Kier molecular flexibility index (Phi) is 29.5. The van der Waals surface area contributed by atoms with Gasteiger partial charge in [-0.15, -0.1) is 0 Å². The van der Waals surface area contributed by atoms with Gasteiger partial charge >= 0.3 is 0 Å². The fraction of sp³-hybridized carbons (Fsp3) is 0.260. The fourth-order valence-corrected chi connectivity index (χ4v) is 20.5. The van der Waals surface area contributed by atoms with Crippen LogP contribution >= 0.6 is 0 Å². The van der Waals surface area contributed by atoms with Gasteiger partial charge in [0.05, 0.1) is 16.7 Å². The number of pyridine rings is 5. The molecule has 0 unspecified atom stereocenters. The first-order chi connectivity index (χ1) is 61.7. The zero-order valence-electron chi connectivity index (χ0n) is 80.2. The molecule has 0 atom stereocenters. The average molecular weight is 1680 g/mol. The largest absolute Gasteiger partial charge is 0.220 e. The summed E-state index contributed by atoms with van der Waals surface area (Å²) in [5.41, 5.74) is 52.8. The zero-order valence-corrected chi connectivity index (χ0v) is 80.2. The number of rotatable bonds is 13. The van der Waals surface area contributed by atoms with Crippen LogP contribution in [-0.2, 0) is 35.2 Å². The fourth-order valence-electron chi connectivity index (χ4n) is 20.5. The summed E-state index contributed by atoms with van der Waals surface area (Å²) in [7, 11) is 10.8. The van der Waals surface area contributed by atoms with Crippen LogP contribution < -0.4 is 22.8 Å². The molecule has 2 aliphatic rings. The molecule has 0 saturated heterocycles. The number of aryl methyl sites for hydroxylation is 21. The maximum atomic E-state index is 2.43. The van der Waals surface area contributed by atoms with Gasteiger partial charge in [-0.1, -0.05) is 256 Å². The van der Waals surface area contributed by atoms with Crippen LogP contribution in [0.5, 0.6) is 0 Å². The third kappa shape index (κ3) is 21.0. The van der Waals surface area contributed by atoms with Gasteiger partial charge in [-0.05, 0) is 315 Å². The van der Waals surface area contributed by atoms with E-state index in [0.29, 0.717) is 0 Å². The summed E-state index contributed by atoms with van der Waals surface area (Å²) in [6.45, 7) is 35.2. The quantitative estimate of drug-likeness (QED) is 0.103. The van der Waals surface area contributed by atoms with Crippen LogP contribution in [0.4, 0.5) is 0 Å². The topological polar surface area (TPSA) is 19.4 Å². The molecule has 0 radical (unpaired) electrons. The van der Waals surface area contributed by atoms with Gasteiger partial charge in [0.2, 0.25) is 28.5 Å². The summed E-state index contributed by atoms with van der Waals surface area (Å²) in [5.74, 6) is 1.48. The Bertz CT molecular complexity index is 6600. The molecule has 2 fully saturated rings. The molecule has 5 nitrogen and oxygen atoms in total. The second kappa shape index (κ2) is 41.3. The Labute approximate surface area is 766 Å². The lowest BCUT2D eigenvalue weighted by molar-refractivity contribution is -0.661. The molecule has 18 rings (SSSR count). The first-order valence-corrected chi connectivity index (χ1v) is 46.5. The van der Waals surface area contributed by atoms with Gasteiger partial charge in [0.1, 0.15) is 35.2 Å². The van der Waals surface area contributed by atoms with E-state index in [1.54, 1.807) is 11.1 Å². The standard InChI is InChI=1S/C29H30N.C28H28N.C27H26N.C20H26N.C19H24N/c1-19-11-13-24(14-12-19)25-16-22(4)28(23(5)17-25)27-15-20(2)18-30(6)29(27)26-10-8-7-9-21(26)3;1-19-15-26(28(29(5)18-19)25-14-10-9-11-20(25)2)27-21(3)16-24(17-22(27)4)23-12-7-6-8-13-23;1-19-16-26(27(28(4)18-19)25-13-9-8-10-20(25)2)24-15-14-23(17-21(24)3)22-11-6-5-7-12-22;1-15-13-19(17-10-5-4-6-11-17)20(21(3)14-15)18-12-8-7-9-16(18)2;1-14-12-18(16-9-5-6-10-16)19(20(3)13-14)17-11-7-4-8-15(17)2/h7-18H,1-6H3;6-18H,1-5H3;5-18H,1-4H3;7-9,12-14,17H,4-6,10-11H2,1-3H3;4,7-8,11-13,16H,5-6,9-10H2,1-3H3/q5*+1. The Balaban J connectivity index is 0.000000131. The van der Waals surface area contributed by atoms with Crippen molar-refractivity contribution in [3.63, 3.8) is 0 Å². The van der Waals surface area contributed by atoms with E-state index in [4.69, 9.17) is 0 Å². The van der Waals surface area contributed by atoms with Crippen LogP contribution in [-0.4, -0.2) is 0 Å². The molecule has 128 heavy (non-hydrogen) atoms. The monoisotopic (exact) mass is 1680 g/mol. The van der Waals surface area contributed by atoms with Crippen molar-refractivity contribution in [3.05, 3.63) is 410 Å². The summed E-state index contributed by atoms with van der Waals surface area (Å²) < 4.78 is 11.5. The molecule has 0 amide bonds. The number of hydrogen-bond acceptors (Lipinski definition) is 0. The first kappa shape index (κ1) is 91.4. The van der Waals surface area contributed by atoms with Crippen LogP contribution in [0.3, 0.4) is 0 Å².